The van der Waals surface area contributed by atoms with Gasteiger partial charge in [0, 0.05) is 25.7 Å². The van der Waals surface area contributed by atoms with E-state index in [0.717, 1.165) is 58.7 Å². The quantitative estimate of drug-likeness (QED) is 0.737. The van der Waals surface area contributed by atoms with Gasteiger partial charge in [-0.05, 0) is 79.8 Å². The molecule has 1 unspecified atom stereocenters. The van der Waals surface area contributed by atoms with Gasteiger partial charge in [-0.1, -0.05) is 6.07 Å². The van der Waals surface area contributed by atoms with E-state index in [9.17, 15) is 5.11 Å². The van der Waals surface area contributed by atoms with E-state index in [-0.39, 0.29) is 0 Å². The number of fused-ring (bicyclic) bond motifs is 2. The molecular formula is C23H26N4O. The van der Waals surface area contributed by atoms with E-state index in [0.29, 0.717) is 11.8 Å². The molecule has 1 N–H and O–H groups in total. The number of aromatic nitrogens is 2. The van der Waals surface area contributed by atoms with E-state index in [1.54, 1.807) is 0 Å². The highest BCUT2D eigenvalue weighted by Crippen LogP contribution is 2.31. The van der Waals surface area contributed by atoms with Gasteiger partial charge < -0.3 is 10.0 Å². The molecule has 1 atom stereocenters. The molecule has 2 saturated heterocycles. The maximum atomic E-state index is 10.1. The Labute approximate surface area is 165 Å². The summed E-state index contributed by atoms with van der Waals surface area (Å²) in [6, 6.07) is 11.0. The zero-order valence-corrected chi connectivity index (χ0v) is 16.5. The van der Waals surface area contributed by atoms with Gasteiger partial charge in [0.1, 0.15) is 11.6 Å². The second-order valence-electron chi connectivity index (χ2n) is 8.17. The molecule has 1 aromatic heterocycles. The van der Waals surface area contributed by atoms with Crippen LogP contribution in [0.1, 0.15) is 24.0 Å². The van der Waals surface area contributed by atoms with Gasteiger partial charge >= 0.3 is 0 Å². The lowest BCUT2D eigenvalue weighted by molar-refractivity contribution is 0.230. The molecule has 2 fully saturated rings. The number of anilines is 1. The normalized spacial score (nSPS) is 19.9. The van der Waals surface area contributed by atoms with Gasteiger partial charge in [0.2, 0.25) is 0 Å². The summed E-state index contributed by atoms with van der Waals surface area (Å²) in [6.07, 6.45) is 4.53. The number of benzene rings is 2. The first-order valence-corrected chi connectivity index (χ1v) is 10.1. The molecule has 0 radical (unpaired) electrons. The predicted molar refractivity (Wildman–Crippen MR) is 113 cm³/mol. The fourth-order valence-corrected chi connectivity index (χ4v) is 4.66. The lowest BCUT2D eigenvalue weighted by atomic mass is 9.99. The number of aromatic hydroxyl groups is 1. The van der Waals surface area contributed by atoms with Gasteiger partial charge in [-0.25, -0.2) is 4.98 Å². The Bertz CT molecular complexity index is 1020. The summed E-state index contributed by atoms with van der Waals surface area (Å²) in [5.41, 5.74) is 5.83. The second kappa shape index (κ2) is 6.74. The monoisotopic (exact) mass is 374 g/mol. The van der Waals surface area contributed by atoms with Crippen LogP contribution in [0.5, 0.6) is 5.75 Å². The first-order chi connectivity index (χ1) is 13.6. The van der Waals surface area contributed by atoms with Crippen LogP contribution in [0.3, 0.4) is 0 Å². The molecule has 144 valence electrons. The van der Waals surface area contributed by atoms with Crippen molar-refractivity contribution in [3.05, 3.63) is 47.7 Å². The van der Waals surface area contributed by atoms with E-state index < -0.39 is 0 Å². The number of phenolic OH excluding ortho intramolecular Hbond substituents is 1. The van der Waals surface area contributed by atoms with Crippen LogP contribution in [-0.2, 0) is 0 Å². The first-order valence-electron chi connectivity index (χ1n) is 10.1. The molecule has 0 spiro atoms. The van der Waals surface area contributed by atoms with Crippen molar-refractivity contribution < 1.29 is 5.11 Å². The number of piperazine rings is 1. The minimum absolute atomic E-state index is 0.373. The maximum absolute atomic E-state index is 10.1. The molecule has 5 rings (SSSR count). The van der Waals surface area contributed by atoms with Crippen LogP contribution in [0.4, 0.5) is 5.82 Å². The van der Waals surface area contributed by atoms with Crippen molar-refractivity contribution in [2.75, 3.05) is 31.1 Å². The molecular weight excluding hydrogens is 348 g/mol. The Morgan fingerprint density at radius 1 is 0.964 bits per heavy atom. The number of phenols is 1. The first kappa shape index (κ1) is 17.4. The molecule has 0 bridgehead atoms. The molecule has 2 aromatic carbocycles. The Balaban J connectivity index is 1.49. The molecule has 0 amide bonds. The minimum atomic E-state index is 0.373. The average molecular weight is 374 g/mol. The second-order valence-corrected chi connectivity index (χ2v) is 8.17. The van der Waals surface area contributed by atoms with E-state index in [1.807, 2.05) is 38.2 Å². The van der Waals surface area contributed by atoms with Gasteiger partial charge in [0.05, 0.1) is 17.2 Å². The third kappa shape index (κ3) is 3.00. The largest absolute Gasteiger partial charge is 0.507 e. The fourth-order valence-electron chi connectivity index (χ4n) is 4.66. The lowest BCUT2D eigenvalue weighted by Crippen LogP contribution is -2.50. The standard InChI is InChI=1S/C23H26N4O/c1-15-10-18(11-16(2)23(15)28)17-5-6-20-21(12-17)25-22(13-24-20)27-9-8-26-7-3-4-19(26)14-27/h5-6,10-13,19,28H,3-4,7-9,14H2,1-2H3. The molecule has 5 nitrogen and oxygen atoms in total. The Kier molecular flexibility index (Phi) is 4.20. The van der Waals surface area contributed by atoms with Crippen LogP contribution in [0.25, 0.3) is 22.2 Å². The van der Waals surface area contributed by atoms with Crippen molar-refractivity contribution >= 4 is 16.9 Å². The summed E-state index contributed by atoms with van der Waals surface area (Å²) in [6.45, 7) is 8.32. The number of aryl methyl sites for hydroxylation is 2. The van der Waals surface area contributed by atoms with Gasteiger partial charge in [-0.15, -0.1) is 0 Å². The van der Waals surface area contributed by atoms with Crippen LogP contribution in [0, 0.1) is 13.8 Å². The summed E-state index contributed by atoms with van der Waals surface area (Å²) < 4.78 is 0. The number of hydrogen-bond donors (Lipinski definition) is 1. The van der Waals surface area contributed by atoms with Crippen molar-refractivity contribution in [2.45, 2.75) is 32.7 Å². The van der Waals surface area contributed by atoms with Crippen molar-refractivity contribution in [2.24, 2.45) is 0 Å². The lowest BCUT2D eigenvalue weighted by Gasteiger charge is -2.38. The maximum Gasteiger partial charge on any atom is 0.147 e. The van der Waals surface area contributed by atoms with Crippen molar-refractivity contribution in [1.29, 1.82) is 0 Å². The summed E-state index contributed by atoms with van der Waals surface area (Å²) in [4.78, 5) is 14.6. The van der Waals surface area contributed by atoms with Crippen molar-refractivity contribution in [1.82, 2.24) is 14.9 Å². The van der Waals surface area contributed by atoms with E-state index in [1.165, 1.54) is 19.4 Å². The van der Waals surface area contributed by atoms with Gasteiger partial charge in [0.15, 0.2) is 0 Å². The number of hydrogen-bond acceptors (Lipinski definition) is 5. The fraction of sp³-hybridized carbons (Fsp3) is 0.391. The van der Waals surface area contributed by atoms with Crippen LogP contribution >= 0.6 is 0 Å². The molecule has 3 aromatic rings. The molecule has 0 saturated carbocycles. The molecule has 3 heterocycles. The summed E-state index contributed by atoms with van der Waals surface area (Å²) in [5.74, 6) is 1.35. The molecule has 2 aliphatic rings. The van der Waals surface area contributed by atoms with E-state index in [2.05, 4.69) is 26.9 Å². The summed E-state index contributed by atoms with van der Waals surface area (Å²) >= 11 is 0. The van der Waals surface area contributed by atoms with E-state index >= 15 is 0 Å². The number of nitrogens with zero attached hydrogens (tertiary/aromatic N) is 4. The van der Waals surface area contributed by atoms with Gasteiger partial charge in [-0.3, -0.25) is 9.88 Å². The summed E-state index contributed by atoms with van der Waals surface area (Å²) in [7, 11) is 0. The third-order valence-corrected chi connectivity index (χ3v) is 6.27. The average Bonchev–Trinajstić information content (AvgIpc) is 3.18. The molecule has 28 heavy (non-hydrogen) atoms. The topological polar surface area (TPSA) is 52.5 Å². The highest BCUT2D eigenvalue weighted by atomic mass is 16.3. The predicted octanol–water partition coefficient (Wildman–Crippen LogP) is 3.90. The molecule has 2 aliphatic heterocycles. The van der Waals surface area contributed by atoms with Crippen LogP contribution in [0.15, 0.2) is 36.5 Å². The van der Waals surface area contributed by atoms with Crippen LogP contribution in [0.2, 0.25) is 0 Å². The van der Waals surface area contributed by atoms with Crippen LogP contribution < -0.4 is 4.90 Å². The molecule has 0 aliphatic carbocycles. The summed E-state index contributed by atoms with van der Waals surface area (Å²) in [5, 5.41) is 10.1. The smallest absolute Gasteiger partial charge is 0.147 e. The Hall–Kier alpha value is -2.66. The van der Waals surface area contributed by atoms with Crippen molar-refractivity contribution in [3.63, 3.8) is 0 Å². The SMILES string of the molecule is Cc1cc(-c2ccc3ncc(N4CCN5CCCC5C4)nc3c2)cc(C)c1O. The third-order valence-electron chi connectivity index (χ3n) is 6.27. The van der Waals surface area contributed by atoms with Crippen LogP contribution in [-0.4, -0.2) is 52.2 Å². The van der Waals surface area contributed by atoms with Crippen molar-refractivity contribution in [3.8, 4) is 16.9 Å². The van der Waals surface area contributed by atoms with Gasteiger partial charge in [-0.2, -0.15) is 0 Å². The molecule has 5 heteroatoms. The Morgan fingerprint density at radius 3 is 2.61 bits per heavy atom. The zero-order chi connectivity index (χ0) is 19.3. The highest BCUT2D eigenvalue weighted by molar-refractivity contribution is 5.82. The minimum Gasteiger partial charge on any atom is -0.507 e. The number of rotatable bonds is 2. The van der Waals surface area contributed by atoms with E-state index in [4.69, 9.17) is 4.98 Å². The highest BCUT2D eigenvalue weighted by Gasteiger charge is 2.31. The Morgan fingerprint density at radius 2 is 1.79 bits per heavy atom. The zero-order valence-electron chi connectivity index (χ0n) is 16.5. The van der Waals surface area contributed by atoms with Gasteiger partial charge in [0.25, 0.3) is 0 Å².